The van der Waals surface area contributed by atoms with Crippen molar-refractivity contribution < 1.29 is 0 Å². The maximum atomic E-state index is 5.66. The van der Waals surface area contributed by atoms with E-state index >= 15 is 0 Å². The second-order valence-corrected chi connectivity index (χ2v) is 4.99. The molecule has 1 atom stereocenters. The summed E-state index contributed by atoms with van der Waals surface area (Å²) in [6.07, 6.45) is 8.41. The third-order valence-corrected chi connectivity index (χ3v) is 3.58. The molecule has 1 aromatic heterocycles. The fourth-order valence-corrected chi connectivity index (χ4v) is 2.67. The summed E-state index contributed by atoms with van der Waals surface area (Å²) >= 11 is 0. The molecule has 0 spiro atoms. The van der Waals surface area contributed by atoms with Crippen molar-refractivity contribution in [2.75, 3.05) is 12.3 Å². The lowest BCUT2D eigenvalue weighted by Gasteiger charge is -2.35. The van der Waals surface area contributed by atoms with Crippen LogP contribution < -0.4 is 5.73 Å². The molecule has 0 saturated carbocycles. The molecule has 1 aromatic rings. The van der Waals surface area contributed by atoms with Gasteiger partial charge in [-0.05, 0) is 37.9 Å². The summed E-state index contributed by atoms with van der Waals surface area (Å²) in [5.41, 5.74) is 7.55. The first-order chi connectivity index (χ1) is 8.29. The van der Waals surface area contributed by atoms with Crippen LogP contribution in [0.4, 0.5) is 5.69 Å². The molecular weight excluding hydrogens is 210 g/mol. The van der Waals surface area contributed by atoms with Crippen molar-refractivity contribution in [3.63, 3.8) is 0 Å². The van der Waals surface area contributed by atoms with Crippen LogP contribution in [-0.4, -0.2) is 22.5 Å². The van der Waals surface area contributed by atoms with Crippen molar-refractivity contribution in [2.24, 2.45) is 0 Å². The summed E-state index contributed by atoms with van der Waals surface area (Å²) in [7, 11) is 0. The Hall–Kier alpha value is -1.09. The molecule has 0 bridgehead atoms. The van der Waals surface area contributed by atoms with Crippen LogP contribution in [0.5, 0.6) is 0 Å². The van der Waals surface area contributed by atoms with Crippen molar-refractivity contribution in [3.8, 4) is 0 Å². The van der Waals surface area contributed by atoms with E-state index < -0.39 is 0 Å². The number of likely N-dealkylation sites (tertiary alicyclic amines) is 1. The van der Waals surface area contributed by atoms with Gasteiger partial charge in [0.2, 0.25) is 0 Å². The number of hydrogen-bond acceptors (Lipinski definition) is 3. The van der Waals surface area contributed by atoms with Crippen molar-refractivity contribution in [1.82, 2.24) is 9.88 Å². The fourth-order valence-electron chi connectivity index (χ4n) is 2.67. The summed E-state index contributed by atoms with van der Waals surface area (Å²) in [6, 6.07) is 4.75. The third-order valence-electron chi connectivity index (χ3n) is 3.58. The van der Waals surface area contributed by atoms with E-state index in [4.69, 9.17) is 5.73 Å². The summed E-state index contributed by atoms with van der Waals surface area (Å²) in [5, 5.41) is 0. The van der Waals surface area contributed by atoms with E-state index in [0.29, 0.717) is 0 Å². The second kappa shape index (κ2) is 6.01. The molecule has 1 aliphatic rings. The number of nitrogens with two attached hydrogens (primary N) is 1. The summed E-state index contributed by atoms with van der Waals surface area (Å²) in [4.78, 5) is 6.99. The molecule has 3 heteroatoms. The number of rotatable bonds is 4. The van der Waals surface area contributed by atoms with E-state index in [1.807, 2.05) is 12.1 Å². The lowest BCUT2D eigenvalue weighted by atomic mass is 9.98. The Morgan fingerprint density at radius 3 is 3.00 bits per heavy atom. The Bertz CT molecular complexity index is 332. The number of anilines is 1. The number of nitrogens with zero attached hydrogens (tertiary/aromatic N) is 2. The van der Waals surface area contributed by atoms with Crippen LogP contribution in [0.25, 0.3) is 0 Å². The average molecular weight is 233 g/mol. The minimum absolute atomic E-state index is 0.748. The molecule has 2 rings (SSSR count). The average Bonchev–Trinajstić information content (AvgIpc) is 2.35. The monoisotopic (exact) mass is 233 g/mol. The Balaban J connectivity index is 1.97. The fraction of sp³-hybridized carbons (Fsp3) is 0.643. The van der Waals surface area contributed by atoms with Gasteiger partial charge in [-0.25, -0.2) is 0 Å². The largest absolute Gasteiger partial charge is 0.397 e. The molecule has 1 aliphatic heterocycles. The molecule has 0 aliphatic carbocycles. The lowest BCUT2D eigenvalue weighted by Crippen LogP contribution is -2.38. The first-order valence-electron chi connectivity index (χ1n) is 6.74. The van der Waals surface area contributed by atoms with Crippen molar-refractivity contribution >= 4 is 5.69 Å². The van der Waals surface area contributed by atoms with Gasteiger partial charge >= 0.3 is 0 Å². The number of aromatic nitrogens is 1. The number of nitrogen functional groups attached to an aromatic ring is 1. The van der Waals surface area contributed by atoms with Gasteiger partial charge in [-0.3, -0.25) is 9.88 Å². The Labute approximate surface area is 104 Å². The zero-order valence-electron chi connectivity index (χ0n) is 10.7. The molecular formula is C14H23N3. The van der Waals surface area contributed by atoms with Crippen molar-refractivity contribution in [1.29, 1.82) is 0 Å². The lowest BCUT2D eigenvalue weighted by molar-refractivity contribution is 0.130. The molecule has 1 unspecified atom stereocenters. The topological polar surface area (TPSA) is 42.1 Å². The number of piperidine rings is 1. The van der Waals surface area contributed by atoms with Gasteiger partial charge in [-0.15, -0.1) is 0 Å². The first-order valence-corrected chi connectivity index (χ1v) is 6.74. The number of hydrogen-bond donors (Lipinski definition) is 1. The van der Waals surface area contributed by atoms with Gasteiger partial charge in [-0.1, -0.05) is 19.8 Å². The summed E-state index contributed by atoms with van der Waals surface area (Å²) < 4.78 is 0. The summed E-state index contributed by atoms with van der Waals surface area (Å²) in [5.74, 6) is 0. The molecule has 2 N–H and O–H groups in total. The van der Waals surface area contributed by atoms with E-state index in [0.717, 1.165) is 24.0 Å². The Kier molecular flexibility index (Phi) is 4.37. The molecule has 0 aromatic carbocycles. The third kappa shape index (κ3) is 3.43. The standard InChI is InChI=1S/C14H23N3/c1-2-5-14-6-3-4-9-17(14)11-13-8-7-12(15)10-16-13/h7-8,10,14H,2-6,9,11,15H2,1H3. The highest BCUT2D eigenvalue weighted by molar-refractivity contribution is 5.34. The Morgan fingerprint density at radius 2 is 2.29 bits per heavy atom. The molecule has 2 heterocycles. The molecule has 1 fully saturated rings. The van der Waals surface area contributed by atoms with Crippen LogP contribution in [0.3, 0.4) is 0 Å². The van der Waals surface area contributed by atoms with Crippen LogP contribution in [0.2, 0.25) is 0 Å². The molecule has 17 heavy (non-hydrogen) atoms. The minimum atomic E-state index is 0.748. The van der Waals surface area contributed by atoms with Gasteiger partial charge in [0.1, 0.15) is 0 Å². The van der Waals surface area contributed by atoms with E-state index in [1.54, 1.807) is 6.20 Å². The van der Waals surface area contributed by atoms with Gasteiger partial charge in [0.25, 0.3) is 0 Å². The summed E-state index contributed by atoms with van der Waals surface area (Å²) in [6.45, 7) is 4.47. The first kappa shape index (κ1) is 12.4. The van der Waals surface area contributed by atoms with Gasteiger partial charge in [0.15, 0.2) is 0 Å². The molecule has 1 saturated heterocycles. The van der Waals surface area contributed by atoms with E-state index in [1.165, 1.54) is 38.6 Å². The molecule has 0 radical (unpaired) electrons. The van der Waals surface area contributed by atoms with Gasteiger partial charge in [0, 0.05) is 12.6 Å². The highest BCUT2D eigenvalue weighted by atomic mass is 15.2. The van der Waals surface area contributed by atoms with E-state index in [9.17, 15) is 0 Å². The van der Waals surface area contributed by atoms with Gasteiger partial charge in [-0.2, -0.15) is 0 Å². The van der Waals surface area contributed by atoms with E-state index in [2.05, 4.69) is 16.8 Å². The predicted octanol–water partition coefficient (Wildman–Crippen LogP) is 2.82. The quantitative estimate of drug-likeness (QED) is 0.869. The highest BCUT2D eigenvalue weighted by Crippen LogP contribution is 2.22. The predicted molar refractivity (Wildman–Crippen MR) is 71.6 cm³/mol. The molecule has 3 nitrogen and oxygen atoms in total. The van der Waals surface area contributed by atoms with Crippen LogP contribution in [0, 0.1) is 0 Å². The minimum Gasteiger partial charge on any atom is -0.397 e. The molecule has 94 valence electrons. The zero-order valence-corrected chi connectivity index (χ0v) is 10.7. The van der Waals surface area contributed by atoms with Gasteiger partial charge < -0.3 is 5.73 Å². The maximum Gasteiger partial charge on any atom is 0.0545 e. The van der Waals surface area contributed by atoms with Crippen LogP contribution >= 0.6 is 0 Å². The maximum absolute atomic E-state index is 5.66. The normalized spacial score (nSPS) is 21.6. The van der Waals surface area contributed by atoms with Crippen LogP contribution in [0.1, 0.15) is 44.7 Å². The van der Waals surface area contributed by atoms with Crippen LogP contribution in [0.15, 0.2) is 18.3 Å². The second-order valence-electron chi connectivity index (χ2n) is 4.99. The Morgan fingerprint density at radius 1 is 1.41 bits per heavy atom. The van der Waals surface area contributed by atoms with Gasteiger partial charge in [0.05, 0.1) is 17.6 Å². The van der Waals surface area contributed by atoms with Crippen molar-refractivity contribution in [3.05, 3.63) is 24.0 Å². The highest BCUT2D eigenvalue weighted by Gasteiger charge is 2.21. The van der Waals surface area contributed by atoms with Crippen molar-refractivity contribution in [2.45, 2.75) is 51.6 Å². The SMILES string of the molecule is CCCC1CCCCN1Cc1ccc(N)cn1. The zero-order chi connectivity index (χ0) is 12.1. The van der Waals surface area contributed by atoms with E-state index in [-0.39, 0.29) is 0 Å². The smallest absolute Gasteiger partial charge is 0.0545 e. The number of pyridine rings is 1. The van der Waals surface area contributed by atoms with Crippen LogP contribution in [-0.2, 0) is 6.54 Å². The molecule has 0 amide bonds.